The minimum atomic E-state index is -0.197. The van der Waals surface area contributed by atoms with E-state index in [1.54, 1.807) is 12.1 Å². The Hall–Kier alpha value is -1.64. The van der Waals surface area contributed by atoms with Crippen LogP contribution in [0.1, 0.15) is 0 Å². The van der Waals surface area contributed by atoms with Gasteiger partial charge >= 0.3 is 0 Å². The van der Waals surface area contributed by atoms with Gasteiger partial charge in [0, 0.05) is 6.54 Å². The number of hydrogen-bond donors (Lipinski definition) is 2. The number of tetrazole rings is 1. The molecule has 0 bridgehead atoms. The summed E-state index contributed by atoms with van der Waals surface area (Å²) in [5.41, 5.74) is 0.650. The number of aliphatic hydroxyl groups excluding tert-OH is 1. The summed E-state index contributed by atoms with van der Waals surface area (Å²) >= 11 is 7.28. The highest BCUT2D eigenvalue weighted by molar-refractivity contribution is 7.99. The second-order valence-electron chi connectivity index (χ2n) is 3.69. The van der Waals surface area contributed by atoms with Crippen molar-refractivity contribution < 1.29 is 9.90 Å². The van der Waals surface area contributed by atoms with Gasteiger partial charge in [0.25, 0.3) is 0 Å². The third-order valence-electron chi connectivity index (χ3n) is 2.29. The number of nitrogens with one attached hydrogen (secondary N) is 1. The van der Waals surface area contributed by atoms with Gasteiger partial charge in [-0.25, -0.2) is 0 Å². The number of benzene rings is 1. The first-order valence-electron chi connectivity index (χ1n) is 5.76. The van der Waals surface area contributed by atoms with E-state index < -0.39 is 0 Å². The summed E-state index contributed by atoms with van der Waals surface area (Å²) in [4.78, 5) is 11.5. The van der Waals surface area contributed by atoms with Gasteiger partial charge in [0.1, 0.15) is 0 Å². The minimum absolute atomic E-state index is 0.0895. The van der Waals surface area contributed by atoms with Gasteiger partial charge in [0.15, 0.2) is 0 Å². The molecule has 1 heterocycles. The van der Waals surface area contributed by atoms with E-state index in [-0.39, 0.29) is 24.8 Å². The fourth-order valence-corrected chi connectivity index (χ4v) is 2.35. The number of aliphatic hydroxyl groups is 1. The summed E-state index contributed by atoms with van der Waals surface area (Å²) in [5.74, 6) is -0.0390. The van der Waals surface area contributed by atoms with Crippen LogP contribution in [0.4, 0.5) is 0 Å². The van der Waals surface area contributed by atoms with Crippen molar-refractivity contribution >= 4 is 29.3 Å². The molecule has 9 heteroatoms. The lowest BCUT2D eigenvalue weighted by Gasteiger charge is -2.06. The van der Waals surface area contributed by atoms with E-state index >= 15 is 0 Å². The van der Waals surface area contributed by atoms with Crippen LogP contribution in [0.2, 0.25) is 5.02 Å². The Morgan fingerprint density at radius 2 is 2.25 bits per heavy atom. The van der Waals surface area contributed by atoms with Crippen LogP contribution in [0, 0.1) is 0 Å². The molecule has 1 aromatic heterocycles. The molecule has 106 valence electrons. The predicted molar refractivity (Wildman–Crippen MR) is 75.0 cm³/mol. The summed E-state index contributed by atoms with van der Waals surface area (Å²) in [5, 5.41) is 23.5. The Morgan fingerprint density at radius 3 is 3.00 bits per heavy atom. The number of nitrogens with zero attached hydrogens (tertiary/aromatic N) is 4. The Balaban J connectivity index is 2.06. The third-order valence-corrected chi connectivity index (χ3v) is 3.53. The normalized spacial score (nSPS) is 10.5. The molecular weight excluding hydrogens is 302 g/mol. The molecule has 1 amide bonds. The van der Waals surface area contributed by atoms with E-state index in [1.807, 2.05) is 12.1 Å². The van der Waals surface area contributed by atoms with Crippen molar-refractivity contribution in [2.75, 3.05) is 18.9 Å². The zero-order chi connectivity index (χ0) is 14.4. The zero-order valence-electron chi connectivity index (χ0n) is 10.4. The third kappa shape index (κ3) is 3.69. The predicted octanol–water partition coefficient (Wildman–Crippen LogP) is 0.516. The first-order chi connectivity index (χ1) is 9.72. The van der Waals surface area contributed by atoms with Crippen molar-refractivity contribution in [1.29, 1.82) is 0 Å². The van der Waals surface area contributed by atoms with Gasteiger partial charge in [-0.15, -0.1) is 5.10 Å². The number of rotatable bonds is 6. The first kappa shape index (κ1) is 14.8. The Morgan fingerprint density at radius 1 is 1.45 bits per heavy atom. The topological polar surface area (TPSA) is 92.9 Å². The van der Waals surface area contributed by atoms with Crippen molar-refractivity contribution in [3.63, 3.8) is 0 Å². The molecule has 2 N–H and O–H groups in total. The highest BCUT2D eigenvalue weighted by atomic mass is 35.5. The van der Waals surface area contributed by atoms with Crippen LogP contribution < -0.4 is 5.32 Å². The number of carbonyl (C=O) groups is 1. The second-order valence-corrected chi connectivity index (χ2v) is 5.04. The summed E-state index contributed by atoms with van der Waals surface area (Å²) in [7, 11) is 0. The summed E-state index contributed by atoms with van der Waals surface area (Å²) in [6, 6.07) is 7.16. The zero-order valence-corrected chi connectivity index (χ0v) is 11.9. The standard InChI is InChI=1S/C11H12ClN5O2S/c12-8-3-1-2-4-9(8)17-11(14-15-16-17)20-7-10(19)13-5-6-18/h1-4,18H,5-7H2,(H,13,19). The van der Waals surface area contributed by atoms with E-state index in [9.17, 15) is 4.79 Å². The van der Waals surface area contributed by atoms with Crippen LogP contribution in [-0.2, 0) is 4.79 Å². The van der Waals surface area contributed by atoms with E-state index in [4.69, 9.17) is 16.7 Å². The number of hydrogen-bond acceptors (Lipinski definition) is 6. The maximum atomic E-state index is 11.5. The molecule has 0 spiro atoms. The Kier molecular flexibility index (Phi) is 5.33. The molecular formula is C11H12ClN5O2S. The molecule has 0 radical (unpaired) electrons. The summed E-state index contributed by atoms with van der Waals surface area (Å²) < 4.78 is 1.48. The molecule has 0 aliphatic rings. The number of aromatic nitrogens is 4. The highest BCUT2D eigenvalue weighted by Crippen LogP contribution is 2.23. The van der Waals surface area contributed by atoms with E-state index in [0.29, 0.717) is 15.9 Å². The summed E-state index contributed by atoms with van der Waals surface area (Å²) in [6.45, 7) is 0.141. The molecule has 0 atom stereocenters. The van der Waals surface area contributed by atoms with E-state index in [2.05, 4.69) is 20.8 Å². The molecule has 2 rings (SSSR count). The SMILES string of the molecule is O=C(CSc1nnnn1-c1ccccc1Cl)NCCO. The van der Waals surface area contributed by atoms with Crippen molar-refractivity contribution in [1.82, 2.24) is 25.5 Å². The van der Waals surface area contributed by atoms with Gasteiger partial charge in [0.2, 0.25) is 11.1 Å². The number of carbonyl (C=O) groups excluding carboxylic acids is 1. The largest absolute Gasteiger partial charge is 0.395 e. The summed E-state index contributed by atoms with van der Waals surface area (Å²) in [6.07, 6.45) is 0. The van der Waals surface area contributed by atoms with Gasteiger partial charge < -0.3 is 10.4 Å². The molecule has 0 aliphatic carbocycles. The van der Waals surface area contributed by atoms with Gasteiger partial charge in [-0.2, -0.15) is 4.68 Å². The smallest absolute Gasteiger partial charge is 0.230 e. The lowest BCUT2D eigenvalue weighted by molar-refractivity contribution is -0.118. The number of amides is 1. The molecule has 0 saturated carbocycles. The fraction of sp³-hybridized carbons (Fsp3) is 0.273. The molecule has 0 fully saturated rings. The average Bonchev–Trinajstić information content (AvgIpc) is 2.91. The first-order valence-corrected chi connectivity index (χ1v) is 7.12. The van der Waals surface area contributed by atoms with Crippen LogP contribution in [0.15, 0.2) is 29.4 Å². The quantitative estimate of drug-likeness (QED) is 0.755. The molecule has 0 aliphatic heterocycles. The van der Waals surface area contributed by atoms with Crippen molar-refractivity contribution in [2.45, 2.75) is 5.16 Å². The number of halogens is 1. The van der Waals surface area contributed by atoms with Crippen molar-refractivity contribution in [3.8, 4) is 5.69 Å². The van der Waals surface area contributed by atoms with Crippen LogP contribution in [-0.4, -0.2) is 50.1 Å². The Labute approximate surface area is 124 Å². The van der Waals surface area contributed by atoms with Crippen molar-refractivity contribution in [3.05, 3.63) is 29.3 Å². The molecule has 7 nitrogen and oxygen atoms in total. The van der Waals surface area contributed by atoms with Crippen LogP contribution >= 0.6 is 23.4 Å². The number of para-hydroxylation sites is 1. The van der Waals surface area contributed by atoms with E-state index in [0.717, 1.165) is 0 Å². The Bertz CT molecular complexity index is 592. The lowest BCUT2D eigenvalue weighted by atomic mass is 10.3. The van der Waals surface area contributed by atoms with Gasteiger partial charge in [-0.05, 0) is 22.6 Å². The monoisotopic (exact) mass is 313 g/mol. The number of thioether (sulfide) groups is 1. The highest BCUT2D eigenvalue weighted by Gasteiger charge is 2.13. The van der Waals surface area contributed by atoms with Crippen LogP contribution in [0.3, 0.4) is 0 Å². The van der Waals surface area contributed by atoms with Gasteiger partial charge in [-0.3, -0.25) is 4.79 Å². The maximum absolute atomic E-state index is 11.5. The average molecular weight is 314 g/mol. The minimum Gasteiger partial charge on any atom is -0.395 e. The van der Waals surface area contributed by atoms with Crippen molar-refractivity contribution in [2.24, 2.45) is 0 Å². The van der Waals surface area contributed by atoms with Gasteiger partial charge in [0.05, 0.1) is 23.1 Å². The molecule has 0 unspecified atom stereocenters. The fourth-order valence-electron chi connectivity index (χ4n) is 1.42. The molecule has 2 aromatic rings. The van der Waals surface area contributed by atoms with E-state index in [1.165, 1.54) is 16.4 Å². The molecule has 1 aromatic carbocycles. The molecule has 0 saturated heterocycles. The second kappa shape index (κ2) is 7.22. The maximum Gasteiger partial charge on any atom is 0.230 e. The molecule has 20 heavy (non-hydrogen) atoms. The van der Waals surface area contributed by atoms with Crippen LogP contribution in [0.5, 0.6) is 0 Å². The lowest BCUT2D eigenvalue weighted by Crippen LogP contribution is -2.28. The van der Waals surface area contributed by atoms with Crippen LogP contribution in [0.25, 0.3) is 5.69 Å². The van der Waals surface area contributed by atoms with Gasteiger partial charge in [-0.1, -0.05) is 35.5 Å².